The molecular weight excluding hydrogens is 278 g/mol. The maximum atomic E-state index is 11.9. The van der Waals surface area contributed by atoms with Crippen LogP contribution in [0.4, 0.5) is 5.82 Å². The monoisotopic (exact) mass is 285 g/mol. The van der Waals surface area contributed by atoms with Gasteiger partial charge in [0, 0.05) is 17.8 Å². The Morgan fingerprint density at radius 2 is 2.17 bits per heavy atom. The fourth-order valence-corrected chi connectivity index (χ4v) is 3.26. The summed E-state index contributed by atoms with van der Waals surface area (Å²) >= 11 is 0.825. The Hall–Kier alpha value is -2.00. The van der Waals surface area contributed by atoms with Crippen molar-refractivity contribution in [1.29, 1.82) is 0 Å². The molecule has 9 heteroatoms. The Morgan fingerprint density at radius 1 is 1.39 bits per heavy atom. The second kappa shape index (κ2) is 4.70. The van der Waals surface area contributed by atoms with Crippen LogP contribution in [0.15, 0.2) is 34.2 Å². The van der Waals surface area contributed by atoms with Gasteiger partial charge in [-0.1, -0.05) is 0 Å². The SMILES string of the molecule is O=C(O)c1csc(S(=O)(=O)Nc2cnccn2)c1. The highest BCUT2D eigenvalue weighted by molar-refractivity contribution is 7.94. The second-order valence-electron chi connectivity index (χ2n) is 3.16. The van der Waals surface area contributed by atoms with E-state index in [1.54, 1.807) is 0 Å². The quantitative estimate of drug-likeness (QED) is 0.868. The summed E-state index contributed by atoms with van der Waals surface area (Å²) < 4.78 is 25.9. The number of thiophene rings is 1. The lowest BCUT2D eigenvalue weighted by Crippen LogP contribution is -2.12. The van der Waals surface area contributed by atoms with E-state index in [1.165, 1.54) is 24.0 Å². The summed E-state index contributed by atoms with van der Waals surface area (Å²) in [7, 11) is -3.82. The number of aromatic carboxylic acids is 1. The van der Waals surface area contributed by atoms with Crippen LogP contribution in [0.2, 0.25) is 0 Å². The van der Waals surface area contributed by atoms with E-state index in [1.807, 2.05) is 0 Å². The van der Waals surface area contributed by atoms with E-state index in [9.17, 15) is 13.2 Å². The summed E-state index contributed by atoms with van der Waals surface area (Å²) in [6.07, 6.45) is 4.00. The number of carboxylic acids is 1. The normalized spacial score (nSPS) is 11.1. The van der Waals surface area contributed by atoms with Gasteiger partial charge in [0.05, 0.1) is 11.8 Å². The maximum Gasteiger partial charge on any atom is 0.336 e. The van der Waals surface area contributed by atoms with Gasteiger partial charge in [-0.15, -0.1) is 11.3 Å². The molecule has 2 heterocycles. The molecule has 0 atom stereocenters. The number of nitrogens with zero attached hydrogens (tertiary/aromatic N) is 2. The largest absolute Gasteiger partial charge is 0.478 e. The minimum atomic E-state index is -3.82. The molecule has 2 rings (SSSR count). The smallest absolute Gasteiger partial charge is 0.336 e. The van der Waals surface area contributed by atoms with Gasteiger partial charge >= 0.3 is 5.97 Å². The average molecular weight is 285 g/mol. The molecule has 0 amide bonds. The van der Waals surface area contributed by atoms with Crippen LogP contribution in [0.1, 0.15) is 10.4 Å². The molecule has 0 saturated carbocycles. The van der Waals surface area contributed by atoms with E-state index in [-0.39, 0.29) is 15.6 Å². The Kier molecular flexibility index (Phi) is 3.26. The van der Waals surface area contributed by atoms with Gasteiger partial charge in [-0.05, 0) is 6.07 Å². The Morgan fingerprint density at radius 3 is 2.72 bits per heavy atom. The van der Waals surface area contributed by atoms with Gasteiger partial charge in [0.15, 0.2) is 5.82 Å². The minimum Gasteiger partial charge on any atom is -0.478 e. The van der Waals surface area contributed by atoms with Crippen molar-refractivity contribution in [1.82, 2.24) is 9.97 Å². The van der Waals surface area contributed by atoms with Crippen LogP contribution in [0.3, 0.4) is 0 Å². The predicted molar refractivity (Wildman–Crippen MR) is 64.1 cm³/mol. The molecular formula is C9H7N3O4S2. The first-order valence-corrected chi connectivity index (χ1v) is 6.96. The molecule has 0 spiro atoms. The van der Waals surface area contributed by atoms with Crippen molar-refractivity contribution in [3.05, 3.63) is 35.6 Å². The van der Waals surface area contributed by atoms with Gasteiger partial charge in [0.25, 0.3) is 10.0 Å². The fourth-order valence-electron chi connectivity index (χ4n) is 1.11. The molecule has 0 aliphatic carbocycles. The summed E-state index contributed by atoms with van der Waals surface area (Å²) in [5.74, 6) is -1.10. The first-order chi connectivity index (χ1) is 8.49. The van der Waals surface area contributed by atoms with Crippen molar-refractivity contribution in [3.8, 4) is 0 Å². The lowest BCUT2D eigenvalue weighted by atomic mass is 10.4. The number of hydrogen-bond acceptors (Lipinski definition) is 6. The lowest BCUT2D eigenvalue weighted by molar-refractivity contribution is 0.0697. The van der Waals surface area contributed by atoms with Crippen LogP contribution in [-0.2, 0) is 10.0 Å². The molecule has 0 saturated heterocycles. The number of rotatable bonds is 4. The van der Waals surface area contributed by atoms with Crippen LogP contribution in [0.5, 0.6) is 0 Å². The zero-order chi connectivity index (χ0) is 13.2. The van der Waals surface area contributed by atoms with Gasteiger partial charge in [-0.25, -0.2) is 18.2 Å². The van der Waals surface area contributed by atoms with Crippen molar-refractivity contribution in [2.75, 3.05) is 4.72 Å². The summed E-state index contributed by atoms with van der Waals surface area (Å²) in [4.78, 5) is 18.2. The number of aromatic nitrogens is 2. The van der Waals surface area contributed by atoms with E-state index in [4.69, 9.17) is 5.11 Å². The molecule has 0 aliphatic heterocycles. The molecule has 0 bridgehead atoms. The minimum absolute atomic E-state index is 0.0699. The van der Waals surface area contributed by atoms with Crippen molar-refractivity contribution >= 4 is 33.1 Å². The highest BCUT2D eigenvalue weighted by atomic mass is 32.2. The van der Waals surface area contributed by atoms with Crippen LogP contribution in [-0.4, -0.2) is 29.5 Å². The Balaban J connectivity index is 2.28. The first kappa shape index (κ1) is 12.5. The van der Waals surface area contributed by atoms with Gasteiger partial charge < -0.3 is 5.11 Å². The number of carboxylic acid groups (broad SMARTS) is 1. The summed E-state index contributed by atoms with van der Waals surface area (Å²) in [5, 5.41) is 9.98. The molecule has 0 unspecified atom stereocenters. The van der Waals surface area contributed by atoms with Crippen LogP contribution in [0.25, 0.3) is 0 Å². The van der Waals surface area contributed by atoms with Crippen LogP contribution in [0, 0.1) is 0 Å². The molecule has 0 aliphatic rings. The molecule has 2 N–H and O–H groups in total. The van der Waals surface area contributed by atoms with Crippen molar-refractivity contribution in [2.24, 2.45) is 0 Å². The van der Waals surface area contributed by atoms with Crippen molar-refractivity contribution < 1.29 is 18.3 Å². The Bertz CT molecular complexity index is 666. The van der Waals surface area contributed by atoms with Gasteiger partial charge in [-0.3, -0.25) is 9.71 Å². The number of anilines is 1. The van der Waals surface area contributed by atoms with Crippen LogP contribution >= 0.6 is 11.3 Å². The third kappa shape index (κ3) is 2.63. The van der Waals surface area contributed by atoms with E-state index < -0.39 is 16.0 Å². The highest BCUT2D eigenvalue weighted by Crippen LogP contribution is 2.22. The first-order valence-electron chi connectivity index (χ1n) is 4.60. The summed E-state index contributed by atoms with van der Waals surface area (Å²) in [6.45, 7) is 0. The molecule has 2 aromatic heterocycles. The summed E-state index contributed by atoms with van der Waals surface area (Å²) in [5.41, 5.74) is -0.0699. The zero-order valence-electron chi connectivity index (χ0n) is 8.77. The standard InChI is InChI=1S/C9H7N3O4S2/c13-9(14)6-3-8(17-5-6)18(15,16)12-7-4-10-1-2-11-7/h1-5H,(H,11,12)(H,13,14). The summed E-state index contributed by atoms with van der Waals surface area (Å²) in [6, 6.07) is 1.09. The molecule has 7 nitrogen and oxygen atoms in total. The average Bonchev–Trinajstić information content (AvgIpc) is 2.79. The molecule has 0 fully saturated rings. The van der Waals surface area contributed by atoms with E-state index in [0.29, 0.717) is 0 Å². The van der Waals surface area contributed by atoms with Crippen LogP contribution < -0.4 is 4.72 Å². The van der Waals surface area contributed by atoms with E-state index >= 15 is 0 Å². The second-order valence-corrected chi connectivity index (χ2v) is 5.98. The van der Waals surface area contributed by atoms with Crippen molar-refractivity contribution in [2.45, 2.75) is 4.21 Å². The molecule has 2 aromatic rings. The van der Waals surface area contributed by atoms with E-state index in [2.05, 4.69) is 14.7 Å². The number of sulfonamides is 1. The van der Waals surface area contributed by atoms with Crippen molar-refractivity contribution in [3.63, 3.8) is 0 Å². The molecule has 0 radical (unpaired) electrons. The van der Waals surface area contributed by atoms with E-state index in [0.717, 1.165) is 17.4 Å². The molecule has 18 heavy (non-hydrogen) atoms. The maximum absolute atomic E-state index is 11.9. The topological polar surface area (TPSA) is 109 Å². The number of nitrogens with one attached hydrogen (secondary N) is 1. The van der Waals surface area contributed by atoms with Gasteiger partial charge in [0.2, 0.25) is 0 Å². The molecule has 0 aromatic carbocycles. The van der Waals surface area contributed by atoms with Gasteiger partial charge in [-0.2, -0.15) is 0 Å². The number of hydrogen-bond donors (Lipinski definition) is 2. The Labute approximate surface area is 106 Å². The third-order valence-electron chi connectivity index (χ3n) is 1.89. The highest BCUT2D eigenvalue weighted by Gasteiger charge is 2.19. The van der Waals surface area contributed by atoms with Gasteiger partial charge in [0.1, 0.15) is 4.21 Å². The zero-order valence-corrected chi connectivity index (χ0v) is 10.4. The third-order valence-corrected chi connectivity index (χ3v) is 4.68. The molecule has 94 valence electrons. The predicted octanol–water partition coefficient (Wildman–Crippen LogP) is 1.04. The number of carbonyl (C=O) groups is 1. The fraction of sp³-hybridized carbons (Fsp3) is 0. The lowest BCUT2D eigenvalue weighted by Gasteiger charge is -2.03.